The predicted molar refractivity (Wildman–Crippen MR) is 81.9 cm³/mol. The molecule has 0 aromatic heterocycles. The number of amides is 1. The standard InChI is InChI=1S/C16H26N2O.ClH/c1-18(14(11-2-3-11)12-4-5-12)15(19)13-10-16(13)6-8-17-9-7-16;/h11-14,17H,2-10H2,1H3;1H. The van der Waals surface area contributed by atoms with E-state index < -0.39 is 0 Å². The Balaban J connectivity index is 0.00000121. The molecule has 20 heavy (non-hydrogen) atoms. The lowest BCUT2D eigenvalue weighted by Crippen LogP contribution is -2.42. The van der Waals surface area contributed by atoms with Crippen molar-refractivity contribution in [1.82, 2.24) is 10.2 Å². The number of halogens is 1. The summed E-state index contributed by atoms with van der Waals surface area (Å²) in [6.07, 6.45) is 9.04. The molecular formula is C16H27ClN2O. The molecule has 3 saturated carbocycles. The first-order chi connectivity index (χ1) is 9.21. The fraction of sp³-hybridized carbons (Fsp3) is 0.938. The summed E-state index contributed by atoms with van der Waals surface area (Å²) in [5.74, 6) is 2.51. The molecule has 4 heteroatoms. The van der Waals surface area contributed by atoms with Crippen LogP contribution in [0.5, 0.6) is 0 Å². The van der Waals surface area contributed by atoms with Crippen molar-refractivity contribution in [1.29, 1.82) is 0 Å². The molecule has 1 saturated heterocycles. The van der Waals surface area contributed by atoms with E-state index in [2.05, 4.69) is 17.3 Å². The summed E-state index contributed by atoms with van der Waals surface area (Å²) in [6, 6.07) is 0.590. The SMILES string of the molecule is CN(C(=O)C1CC12CCNCC2)C(C1CC1)C1CC1.Cl. The first-order valence-electron chi connectivity index (χ1n) is 8.19. The molecule has 3 aliphatic carbocycles. The highest BCUT2D eigenvalue weighted by Gasteiger charge is 2.59. The van der Waals surface area contributed by atoms with Crippen LogP contribution in [0.25, 0.3) is 0 Å². The molecule has 0 aromatic rings. The van der Waals surface area contributed by atoms with Crippen LogP contribution in [0.2, 0.25) is 0 Å². The van der Waals surface area contributed by atoms with Crippen LogP contribution in [0.4, 0.5) is 0 Å². The van der Waals surface area contributed by atoms with E-state index in [4.69, 9.17) is 0 Å². The number of carbonyl (C=O) groups excluding carboxylic acids is 1. The molecule has 1 N–H and O–H groups in total. The van der Waals surface area contributed by atoms with Crippen molar-refractivity contribution >= 4 is 18.3 Å². The molecular weight excluding hydrogens is 272 g/mol. The molecule has 1 heterocycles. The maximum Gasteiger partial charge on any atom is 0.226 e. The average Bonchev–Trinajstić information content (AvgIpc) is 3.25. The number of hydrogen-bond acceptors (Lipinski definition) is 2. The van der Waals surface area contributed by atoms with E-state index in [-0.39, 0.29) is 12.4 Å². The third-order valence-electron chi connectivity index (χ3n) is 6.09. The smallest absolute Gasteiger partial charge is 0.226 e. The number of carbonyl (C=O) groups is 1. The highest BCUT2D eigenvalue weighted by Crippen LogP contribution is 2.60. The molecule has 1 unspecified atom stereocenters. The second-order valence-electron chi connectivity index (χ2n) is 7.48. The van der Waals surface area contributed by atoms with Crippen LogP contribution in [0.1, 0.15) is 44.9 Å². The maximum absolute atomic E-state index is 12.8. The van der Waals surface area contributed by atoms with Gasteiger partial charge in [-0.25, -0.2) is 0 Å². The zero-order chi connectivity index (χ0) is 13.0. The zero-order valence-electron chi connectivity index (χ0n) is 12.4. The maximum atomic E-state index is 12.8. The molecule has 4 fully saturated rings. The van der Waals surface area contributed by atoms with E-state index in [0.29, 0.717) is 23.3 Å². The lowest BCUT2D eigenvalue weighted by atomic mass is 9.91. The Kier molecular flexibility index (Phi) is 3.79. The van der Waals surface area contributed by atoms with E-state index in [1.165, 1.54) is 44.9 Å². The summed E-state index contributed by atoms with van der Waals surface area (Å²) < 4.78 is 0. The Morgan fingerprint density at radius 3 is 2.20 bits per heavy atom. The van der Waals surface area contributed by atoms with Gasteiger partial charge in [-0.05, 0) is 75.3 Å². The monoisotopic (exact) mass is 298 g/mol. The van der Waals surface area contributed by atoms with Gasteiger partial charge in [-0.15, -0.1) is 12.4 Å². The fourth-order valence-corrected chi connectivity index (χ4v) is 4.46. The molecule has 1 amide bonds. The van der Waals surface area contributed by atoms with Crippen molar-refractivity contribution in [2.75, 3.05) is 20.1 Å². The number of nitrogens with one attached hydrogen (secondary N) is 1. The first kappa shape index (κ1) is 14.6. The van der Waals surface area contributed by atoms with E-state index in [9.17, 15) is 4.79 Å². The third kappa shape index (κ3) is 2.48. The van der Waals surface area contributed by atoms with Gasteiger partial charge in [0.25, 0.3) is 0 Å². The van der Waals surface area contributed by atoms with E-state index in [1.54, 1.807) is 0 Å². The minimum absolute atomic E-state index is 0. The summed E-state index contributed by atoms with van der Waals surface area (Å²) in [5, 5.41) is 3.42. The van der Waals surface area contributed by atoms with E-state index >= 15 is 0 Å². The Morgan fingerprint density at radius 2 is 1.70 bits per heavy atom. The first-order valence-corrected chi connectivity index (χ1v) is 8.19. The van der Waals surface area contributed by atoms with E-state index in [0.717, 1.165) is 24.9 Å². The van der Waals surface area contributed by atoms with E-state index in [1.807, 2.05) is 0 Å². The molecule has 1 aliphatic heterocycles. The zero-order valence-corrected chi connectivity index (χ0v) is 13.3. The fourth-order valence-electron chi connectivity index (χ4n) is 4.46. The second kappa shape index (κ2) is 5.17. The van der Waals surface area contributed by atoms with Gasteiger partial charge in [0.15, 0.2) is 0 Å². The van der Waals surface area contributed by atoms with Crippen LogP contribution in [0, 0.1) is 23.2 Å². The highest BCUT2D eigenvalue weighted by molar-refractivity contribution is 5.85. The quantitative estimate of drug-likeness (QED) is 0.865. The summed E-state index contributed by atoms with van der Waals surface area (Å²) in [5.41, 5.74) is 0.397. The predicted octanol–water partition coefficient (Wildman–Crippen LogP) is 2.44. The Labute approximate surface area is 128 Å². The molecule has 1 spiro atoms. The minimum Gasteiger partial charge on any atom is -0.342 e. The third-order valence-corrected chi connectivity index (χ3v) is 6.09. The molecule has 0 aromatic carbocycles. The molecule has 4 aliphatic rings. The van der Waals surface area contributed by atoms with Gasteiger partial charge < -0.3 is 10.2 Å². The van der Waals surface area contributed by atoms with Crippen molar-refractivity contribution in [2.45, 2.75) is 51.0 Å². The second-order valence-corrected chi connectivity index (χ2v) is 7.48. The Hall–Kier alpha value is -0.280. The van der Waals surface area contributed by atoms with Gasteiger partial charge in [-0.2, -0.15) is 0 Å². The van der Waals surface area contributed by atoms with Gasteiger partial charge in [-0.3, -0.25) is 4.79 Å². The van der Waals surface area contributed by atoms with Crippen LogP contribution >= 0.6 is 12.4 Å². The van der Waals surface area contributed by atoms with Gasteiger partial charge in [0.1, 0.15) is 0 Å². The Bertz CT molecular complexity index is 374. The molecule has 114 valence electrons. The molecule has 0 radical (unpaired) electrons. The molecule has 1 atom stereocenters. The van der Waals surface area contributed by atoms with Crippen LogP contribution < -0.4 is 5.32 Å². The van der Waals surface area contributed by atoms with Crippen molar-refractivity contribution in [2.24, 2.45) is 23.2 Å². The van der Waals surface area contributed by atoms with Crippen LogP contribution in [-0.2, 0) is 4.79 Å². The van der Waals surface area contributed by atoms with Gasteiger partial charge >= 0.3 is 0 Å². The van der Waals surface area contributed by atoms with Gasteiger partial charge in [0.2, 0.25) is 5.91 Å². The lowest BCUT2D eigenvalue weighted by molar-refractivity contribution is -0.135. The van der Waals surface area contributed by atoms with Gasteiger partial charge in [0.05, 0.1) is 0 Å². The summed E-state index contributed by atoms with van der Waals surface area (Å²) >= 11 is 0. The number of piperidine rings is 1. The molecule has 4 rings (SSSR count). The van der Waals surface area contributed by atoms with Gasteiger partial charge in [0, 0.05) is 19.0 Å². The molecule has 0 bridgehead atoms. The normalized spacial score (nSPS) is 31.0. The number of nitrogens with zero attached hydrogens (tertiary/aromatic N) is 1. The Morgan fingerprint density at radius 1 is 1.15 bits per heavy atom. The minimum atomic E-state index is 0. The topological polar surface area (TPSA) is 32.3 Å². The largest absolute Gasteiger partial charge is 0.342 e. The summed E-state index contributed by atoms with van der Waals surface area (Å²) in [4.78, 5) is 15.0. The summed E-state index contributed by atoms with van der Waals surface area (Å²) in [7, 11) is 2.09. The molecule has 3 nitrogen and oxygen atoms in total. The van der Waals surface area contributed by atoms with Crippen molar-refractivity contribution < 1.29 is 4.79 Å². The average molecular weight is 299 g/mol. The lowest BCUT2D eigenvalue weighted by Gasteiger charge is -2.30. The van der Waals surface area contributed by atoms with Crippen LogP contribution in [0.3, 0.4) is 0 Å². The van der Waals surface area contributed by atoms with Crippen LogP contribution in [0.15, 0.2) is 0 Å². The van der Waals surface area contributed by atoms with Crippen molar-refractivity contribution in [3.8, 4) is 0 Å². The summed E-state index contributed by atoms with van der Waals surface area (Å²) in [6.45, 7) is 2.23. The number of rotatable bonds is 4. The van der Waals surface area contributed by atoms with Crippen molar-refractivity contribution in [3.63, 3.8) is 0 Å². The van der Waals surface area contributed by atoms with Gasteiger partial charge in [-0.1, -0.05) is 0 Å². The van der Waals surface area contributed by atoms with Crippen LogP contribution in [-0.4, -0.2) is 37.0 Å². The number of hydrogen-bond donors (Lipinski definition) is 1. The van der Waals surface area contributed by atoms with Crippen molar-refractivity contribution in [3.05, 3.63) is 0 Å². The highest BCUT2D eigenvalue weighted by atomic mass is 35.5.